The summed E-state index contributed by atoms with van der Waals surface area (Å²) < 4.78 is 10.8. The third-order valence-corrected chi connectivity index (χ3v) is 5.58. The first kappa shape index (κ1) is 22.0. The quantitative estimate of drug-likeness (QED) is 0.651. The topological polar surface area (TPSA) is 87.3 Å². The van der Waals surface area contributed by atoms with Gasteiger partial charge in [0.2, 0.25) is 11.7 Å². The van der Waals surface area contributed by atoms with Crippen LogP contribution in [-0.4, -0.2) is 54.1 Å². The second-order valence-corrected chi connectivity index (χ2v) is 7.68. The largest absolute Gasteiger partial charge is 0.384 e. The Morgan fingerprint density at radius 2 is 2.03 bits per heavy atom. The van der Waals surface area contributed by atoms with Crippen molar-refractivity contribution in [2.24, 2.45) is 5.92 Å². The van der Waals surface area contributed by atoms with E-state index in [1.54, 1.807) is 0 Å². The van der Waals surface area contributed by atoms with E-state index in [9.17, 15) is 0 Å². The lowest BCUT2D eigenvalue weighted by atomic mass is 9.96. The Hall–Kier alpha value is -2.67. The number of nitrogens with zero attached hydrogens (tertiary/aromatic N) is 3. The molecule has 0 aliphatic carbocycles. The molecule has 0 unspecified atom stereocenters. The van der Waals surface area contributed by atoms with Crippen molar-refractivity contribution < 1.29 is 9.26 Å². The Kier molecular flexibility index (Phi) is 7.63. The minimum Gasteiger partial charge on any atom is -0.384 e. The van der Waals surface area contributed by atoms with Crippen molar-refractivity contribution >= 4 is 11.9 Å². The fraction of sp³-hybridized carbons (Fsp3) is 0.522. The summed E-state index contributed by atoms with van der Waals surface area (Å²) in [4.78, 5) is 6.97. The molecule has 4 rings (SSSR count). The Bertz CT molecular complexity index is 851. The van der Waals surface area contributed by atoms with Crippen molar-refractivity contribution in [3.05, 3.63) is 41.9 Å². The van der Waals surface area contributed by atoms with Gasteiger partial charge < -0.3 is 24.9 Å². The van der Waals surface area contributed by atoms with Gasteiger partial charge in [-0.25, -0.2) is 0 Å². The van der Waals surface area contributed by atoms with Crippen molar-refractivity contribution in [3.8, 4) is 11.4 Å². The molecule has 7 nitrogen and oxygen atoms in total. The average Bonchev–Trinajstić information content (AvgIpc) is 3.24. The van der Waals surface area contributed by atoms with E-state index in [0.29, 0.717) is 23.6 Å². The molecule has 162 valence electrons. The first-order chi connectivity index (χ1) is 14.6. The monoisotopic (exact) mass is 411 g/mol. The summed E-state index contributed by atoms with van der Waals surface area (Å²) in [6.07, 6.45) is 3.36. The van der Waals surface area contributed by atoms with Crippen LogP contribution in [-0.2, 0) is 4.74 Å². The predicted octanol–water partition coefficient (Wildman–Crippen LogP) is 4.53. The Morgan fingerprint density at radius 3 is 2.63 bits per heavy atom. The van der Waals surface area contributed by atoms with Gasteiger partial charge in [0.25, 0.3) is 0 Å². The van der Waals surface area contributed by atoms with E-state index in [-0.39, 0.29) is 0 Å². The van der Waals surface area contributed by atoms with Gasteiger partial charge in [-0.2, -0.15) is 4.98 Å². The summed E-state index contributed by atoms with van der Waals surface area (Å²) >= 11 is 0. The van der Waals surface area contributed by atoms with E-state index in [4.69, 9.17) is 14.7 Å². The molecule has 1 aromatic carbocycles. The molecule has 0 bridgehead atoms. The maximum atomic E-state index is 7.64. The molecule has 2 saturated heterocycles. The second-order valence-electron chi connectivity index (χ2n) is 7.68. The molecule has 0 amide bonds. The molecule has 0 saturated carbocycles. The molecule has 2 fully saturated rings. The van der Waals surface area contributed by atoms with Crippen LogP contribution in [0, 0.1) is 11.3 Å². The van der Waals surface area contributed by atoms with Crippen LogP contribution < -0.4 is 5.32 Å². The first-order valence-electron chi connectivity index (χ1n) is 10.8. The standard InChI is InChI=1S/C21H27N5O2.C2H6/c1-14(2)26-7-5-16(6-8-26)21-24-20(25-28-21)17-3-4-18(10-22)19(9-17)23-11-15-12-27-13-15;1-2/h3-4,9-10,15-16,22-23H,1,5-8,11-13H2,2H3;1-2H3. The molecule has 2 aromatic rings. The number of piperidine rings is 1. The van der Waals surface area contributed by atoms with Gasteiger partial charge in [-0.3, -0.25) is 0 Å². The molecule has 2 aliphatic rings. The Morgan fingerprint density at radius 1 is 1.30 bits per heavy atom. The fourth-order valence-electron chi connectivity index (χ4n) is 3.66. The lowest BCUT2D eigenvalue weighted by molar-refractivity contribution is -0.0248. The molecule has 0 spiro atoms. The average molecular weight is 412 g/mol. The number of anilines is 1. The SMILES string of the molecule is C=C(C)N1CCC(c2nc(-c3ccc(C=N)c(NCC4COC4)c3)no2)CC1.CC. The minimum atomic E-state index is 0.300. The van der Waals surface area contributed by atoms with Gasteiger partial charge in [0.15, 0.2) is 0 Å². The number of likely N-dealkylation sites (tertiary alicyclic amines) is 1. The molecule has 2 N–H and O–H groups in total. The van der Waals surface area contributed by atoms with Gasteiger partial charge in [0, 0.05) is 60.2 Å². The fourth-order valence-corrected chi connectivity index (χ4v) is 3.66. The van der Waals surface area contributed by atoms with Crippen LogP contribution in [0.15, 0.2) is 35.0 Å². The van der Waals surface area contributed by atoms with E-state index >= 15 is 0 Å². The Balaban J connectivity index is 0.00000124. The molecular formula is C23H33N5O2. The lowest BCUT2D eigenvalue weighted by Gasteiger charge is -2.32. The summed E-state index contributed by atoms with van der Waals surface area (Å²) in [5.74, 6) is 2.15. The normalized spacial score (nSPS) is 17.0. The number of aromatic nitrogens is 2. The highest BCUT2D eigenvalue weighted by molar-refractivity contribution is 5.87. The molecular weight excluding hydrogens is 378 g/mol. The third kappa shape index (κ3) is 5.08. The Labute approximate surface area is 179 Å². The van der Waals surface area contributed by atoms with Crippen molar-refractivity contribution in [1.29, 1.82) is 5.41 Å². The van der Waals surface area contributed by atoms with Crippen LogP contribution in [0.1, 0.15) is 51.0 Å². The summed E-state index contributed by atoms with van der Waals surface area (Å²) in [6, 6.07) is 5.86. The van der Waals surface area contributed by atoms with Crippen LogP contribution in [0.3, 0.4) is 0 Å². The van der Waals surface area contributed by atoms with Crippen LogP contribution in [0.5, 0.6) is 0 Å². The van der Waals surface area contributed by atoms with Crippen molar-refractivity contribution in [3.63, 3.8) is 0 Å². The van der Waals surface area contributed by atoms with Crippen LogP contribution in [0.4, 0.5) is 5.69 Å². The smallest absolute Gasteiger partial charge is 0.230 e. The summed E-state index contributed by atoms with van der Waals surface area (Å²) in [7, 11) is 0. The summed E-state index contributed by atoms with van der Waals surface area (Å²) in [6.45, 7) is 14.5. The summed E-state index contributed by atoms with van der Waals surface area (Å²) in [5, 5.41) is 15.3. The third-order valence-electron chi connectivity index (χ3n) is 5.58. The second kappa shape index (κ2) is 10.4. The van der Waals surface area contributed by atoms with Gasteiger partial charge in [-0.05, 0) is 25.8 Å². The van der Waals surface area contributed by atoms with Crippen molar-refractivity contribution in [1.82, 2.24) is 15.0 Å². The zero-order valence-corrected chi connectivity index (χ0v) is 18.3. The van der Waals surface area contributed by atoms with Gasteiger partial charge in [-0.15, -0.1) is 0 Å². The van der Waals surface area contributed by atoms with Gasteiger partial charge in [0.1, 0.15) is 0 Å². The van der Waals surface area contributed by atoms with E-state index in [1.165, 1.54) is 6.21 Å². The number of allylic oxidation sites excluding steroid dienone is 1. The van der Waals surface area contributed by atoms with Gasteiger partial charge in [-0.1, -0.05) is 37.7 Å². The first-order valence-corrected chi connectivity index (χ1v) is 10.8. The molecule has 3 heterocycles. The number of rotatable bonds is 7. The predicted molar refractivity (Wildman–Crippen MR) is 120 cm³/mol. The van der Waals surface area contributed by atoms with Crippen LogP contribution >= 0.6 is 0 Å². The maximum Gasteiger partial charge on any atom is 0.230 e. The summed E-state index contributed by atoms with van der Waals surface area (Å²) in [5.41, 5.74) is 3.78. The van der Waals surface area contributed by atoms with Crippen molar-refractivity contribution in [2.75, 3.05) is 38.2 Å². The molecule has 30 heavy (non-hydrogen) atoms. The minimum absolute atomic E-state index is 0.300. The highest BCUT2D eigenvalue weighted by Crippen LogP contribution is 2.30. The van der Waals surface area contributed by atoms with E-state index in [0.717, 1.165) is 68.2 Å². The van der Waals surface area contributed by atoms with Gasteiger partial charge >= 0.3 is 0 Å². The molecule has 7 heteroatoms. The molecule has 0 atom stereocenters. The van der Waals surface area contributed by atoms with Gasteiger partial charge in [0.05, 0.1) is 13.2 Å². The number of hydrogen-bond acceptors (Lipinski definition) is 7. The van der Waals surface area contributed by atoms with E-state index < -0.39 is 0 Å². The van der Waals surface area contributed by atoms with E-state index in [2.05, 4.69) is 26.9 Å². The van der Waals surface area contributed by atoms with Crippen LogP contribution in [0.2, 0.25) is 0 Å². The van der Waals surface area contributed by atoms with Crippen molar-refractivity contribution in [2.45, 2.75) is 39.5 Å². The molecule has 2 aliphatic heterocycles. The molecule has 0 radical (unpaired) electrons. The number of ether oxygens (including phenoxy) is 1. The number of benzene rings is 1. The highest BCUT2D eigenvalue weighted by Gasteiger charge is 2.25. The number of hydrogen-bond donors (Lipinski definition) is 2. The molecule has 1 aromatic heterocycles. The van der Waals surface area contributed by atoms with E-state index in [1.807, 2.05) is 39.0 Å². The highest BCUT2D eigenvalue weighted by atomic mass is 16.5. The number of nitrogens with one attached hydrogen (secondary N) is 2. The zero-order valence-electron chi connectivity index (χ0n) is 18.3. The maximum absolute atomic E-state index is 7.64. The zero-order chi connectivity index (χ0) is 21.5. The lowest BCUT2D eigenvalue weighted by Crippen LogP contribution is -2.33. The van der Waals surface area contributed by atoms with Crippen LogP contribution in [0.25, 0.3) is 11.4 Å².